The summed E-state index contributed by atoms with van der Waals surface area (Å²) >= 11 is 0. The predicted molar refractivity (Wildman–Crippen MR) is 109 cm³/mol. The van der Waals surface area contributed by atoms with Crippen LogP contribution in [0.25, 0.3) is 10.9 Å². The molecule has 2 heterocycles. The van der Waals surface area contributed by atoms with Crippen LogP contribution in [-0.4, -0.2) is 21.0 Å². The number of carboxylic acids is 1. The number of nitrogens with zero attached hydrogens (tertiary/aromatic N) is 2. The molecule has 0 spiro atoms. The van der Waals surface area contributed by atoms with Crippen molar-refractivity contribution in [3.63, 3.8) is 0 Å². The molecule has 0 aliphatic heterocycles. The quantitative estimate of drug-likeness (QED) is 0.411. The summed E-state index contributed by atoms with van der Waals surface area (Å²) in [5.41, 5.74) is 12.8. The molecule has 3 rings (SSSR count). The van der Waals surface area contributed by atoms with Crippen LogP contribution in [0.2, 0.25) is 0 Å². The van der Waals surface area contributed by atoms with Gasteiger partial charge in [-0.3, -0.25) is 10.8 Å². The lowest BCUT2D eigenvalue weighted by molar-refractivity contribution is 0.0696. The van der Waals surface area contributed by atoms with Gasteiger partial charge in [-0.15, -0.1) is 0 Å². The zero-order valence-corrected chi connectivity index (χ0v) is 15.8. The first-order valence-electron chi connectivity index (χ1n) is 8.74. The Bertz CT molecular complexity index is 957. The topological polar surface area (TPSA) is 127 Å². The van der Waals surface area contributed by atoms with Crippen molar-refractivity contribution in [2.75, 3.05) is 11.2 Å². The SMILES string of the molecule is CCc1ccc2cc(C(=O)O)c(C)cc2n1.CCc1cnc(N)c(NN)c1. The molecule has 0 unspecified atom stereocenters. The summed E-state index contributed by atoms with van der Waals surface area (Å²) in [7, 11) is 0. The smallest absolute Gasteiger partial charge is 0.335 e. The Hall–Kier alpha value is -3.19. The van der Waals surface area contributed by atoms with E-state index in [2.05, 4.69) is 15.4 Å². The molecule has 7 nitrogen and oxygen atoms in total. The first-order chi connectivity index (χ1) is 12.9. The molecule has 0 aliphatic rings. The van der Waals surface area contributed by atoms with E-state index in [1.54, 1.807) is 19.2 Å². The number of hydrogen-bond acceptors (Lipinski definition) is 6. The van der Waals surface area contributed by atoms with Crippen LogP contribution in [-0.2, 0) is 12.8 Å². The molecule has 0 saturated carbocycles. The number of aromatic nitrogens is 2. The molecule has 0 amide bonds. The lowest BCUT2D eigenvalue weighted by Crippen LogP contribution is -2.10. The van der Waals surface area contributed by atoms with Gasteiger partial charge in [0.2, 0.25) is 0 Å². The van der Waals surface area contributed by atoms with Crippen LogP contribution in [0.5, 0.6) is 0 Å². The van der Waals surface area contributed by atoms with Gasteiger partial charge >= 0.3 is 5.97 Å². The molecule has 6 N–H and O–H groups in total. The molecule has 0 saturated heterocycles. The van der Waals surface area contributed by atoms with Crippen LogP contribution in [0.4, 0.5) is 11.5 Å². The maximum absolute atomic E-state index is 11.0. The van der Waals surface area contributed by atoms with Crippen molar-refractivity contribution in [2.24, 2.45) is 5.84 Å². The average molecular weight is 367 g/mol. The fourth-order valence-electron chi connectivity index (χ4n) is 2.57. The number of nitrogens with two attached hydrogens (primary N) is 2. The Labute approximate surface area is 158 Å². The van der Waals surface area contributed by atoms with Crippen LogP contribution in [0.15, 0.2) is 36.5 Å². The number of rotatable bonds is 4. The number of nitrogens with one attached hydrogen (secondary N) is 1. The fourth-order valence-corrected chi connectivity index (χ4v) is 2.57. The summed E-state index contributed by atoms with van der Waals surface area (Å²) in [6.45, 7) is 5.89. The minimum atomic E-state index is -0.890. The lowest BCUT2D eigenvalue weighted by Gasteiger charge is -2.05. The Morgan fingerprint density at radius 3 is 2.52 bits per heavy atom. The number of fused-ring (bicyclic) bond motifs is 1. The molecule has 1 aromatic carbocycles. The highest BCUT2D eigenvalue weighted by Gasteiger charge is 2.09. The second-order valence-corrected chi connectivity index (χ2v) is 6.10. The number of aryl methyl sites for hydroxylation is 3. The summed E-state index contributed by atoms with van der Waals surface area (Å²) in [5.74, 6) is 4.75. The van der Waals surface area contributed by atoms with Crippen molar-refractivity contribution < 1.29 is 9.90 Å². The second-order valence-electron chi connectivity index (χ2n) is 6.10. The number of anilines is 2. The zero-order valence-electron chi connectivity index (χ0n) is 15.8. The third-order valence-corrected chi connectivity index (χ3v) is 4.22. The Kier molecular flexibility index (Phi) is 6.67. The molecule has 0 radical (unpaired) electrons. The minimum absolute atomic E-state index is 0.346. The average Bonchev–Trinajstić information content (AvgIpc) is 2.67. The van der Waals surface area contributed by atoms with Crippen LogP contribution < -0.4 is 17.0 Å². The first kappa shape index (κ1) is 20.1. The van der Waals surface area contributed by atoms with Crippen molar-refractivity contribution in [1.82, 2.24) is 9.97 Å². The largest absolute Gasteiger partial charge is 0.478 e. The molecule has 0 bridgehead atoms. The van der Waals surface area contributed by atoms with Crippen LogP contribution in [0.3, 0.4) is 0 Å². The maximum atomic E-state index is 11.0. The molecular weight excluding hydrogens is 342 g/mol. The van der Waals surface area contributed by atoms with Gasteiger partial charge in [0.25, 0.3) is 0 Å². The summed E-state index contributed by atoms with van der Waals surface area (Å²) in [5, 5.41) is 9.88. The third-order valence-electron chi connectivity index (χ3n) is 4.22. The number of carboxylic acid groups (broad SMARTS) is 1. The Morgan fingerprint density at radius 1 is 1.19 bits per heavy atom. The second kappa shape index (κ2) is 8.95. The molecule has 0 fully saturated rings. The molecule has 7 heteroatoms. The highest BCUT2D eigenvalue weighted by atomic mass is 16.4. The zero-order chi connectivity index (χ0) is 20.0. The fraction of sp³-hybridized carbons (Fsp3) is 0.250. The van der Waals surface area contributed by atoms with Crippen LogP contribution in [0.1, 0.15) is 41.0 Å². The number of hydrogen-bond donors (Lipinski definition) is 4. The number of benzene rings is 1. The van der Waals surface area contributed by atoms with Crippen molar-refractivity contribution in [3.05, 3.63) is 58.9 Å². The number of nitrogen functional groups attached to an aromatic ring is 2. The number of aromatic carboxylic acids is 1. The van der Waals surface area contributed by atoms with E-state index in [1.807, 2.05) is 38.1 Å². The first-order valence-corrected chi connectivity index (χ1v) is 8.74. The minimum Gasteiger partial charge on any atom is -0.478 e. The van der Waals surface area contributed by atoms with E-state index in [4.69, 9.17) is 16.7 Å². The van der Waals surface area contributed by atoms with Crippen LogP contribution >= 0.6 is 0 Å². The molecule has 0 atom stereocenters. The normalized spacial score (nSPS) is 10.2. The highest BCUT2D eigenvalue weighted by Crippen LogP contribution is 2.19. The van der Waals surface area contributed by atoms with E-state index in [9.17, 15) is 4.79 Å². The number of carbonyl (C=O) groups is 1. The number of hydrazine groups is 1. The Morgan fingerprint density at radius 2 is 1.93 bits per heavy atom. The van der Waals surface area contributed by atoms with Crippen LogP contribution in [0, 0.1) is 6.92 Å². The standard InChI is InChI=1S/C13H13NO2.C7H12N4/c1-3-10-5-4-9-7-11(13(15)16)8(2)6-12(9)14-10;1-2-5-3-6(11-9)7(8)10-4-5/h4-7H,3H2,1-2H3,(H,15,16);3-4,11H,2,9H2,1H3,(H2,8,10). The molecular formula is C20H25N5O2. The van der Waals surface area contributed by atoms with Gasteiger partial charge in [-0.2, -0.15) is 0 Å². The van der Waals surface area contributed by atoms with Gasteiger partial charge in [-0.05, 0) is 55.2 Å². The van der Waals surface area contributed by atoms with E-state index in [1.165, 1.54) is 0 Å². The highest BCUT2D eigenvalue weighted by molar-refractivity contribution is 5.95. The molecule has 27 heavy (non-hydrogen) atoms. The van der Waals surface area contributed by atoms with Crippen molar-refractivity contribution in [2.45, 2.75) is 33.6 Å². The van der Waals surface area contributed by atoms with Crippen molar-refractivity contribution in [3.8, 4) is 0 Å². The van der Waals surface area contributed by atoms with E-state index in [0.29, 0.717) is 17.1 Å². The van der Waals surface area contributed by atoms with E-state index in [-0.39, 0.29) is 0 Å². The third kappa shape index (κ3) is 4.92. The van der Waals surface area contributed by atoms with Gasteiger partial charge in [0, 0.05) is 17.3 Å². The lowest BCUT2D eigenvalue weighted by atomic mass is 10.0. The van der Waals surface area contributed by atoms with Gasteiger partial charge < -0.3 is 16.3 Å². The van der Waals surface area contributed by atoms with Gasteiger partial charge in [-0.25, -0.2) is 9.78 Å². The van der Waals surface area contributed by atoms with Gasteiger partial charge in [0.1, 0.15) is 5.82 Å². The maximum Gasteiger partial charge on any atom is 0.335 e. The van der Waals surface area contributed by atoms with E-state index < -0.39 is 5.97 Å². The van der Waals surface area contributed by atoms with E-state index >= 15 is 0 Å². The van der Waals surface area contributed by atoms with Crippen molar-refractivity contribution >= 4 is 28.4 Å². The summed E-state index contributed by atoms with van der Waals surface area (Å²) < 4.78 is 0. The van der Waals surface area contributed by atoms with E-state index in [0.717, 1.165) is 40.6 Å². The predicted octanol–water partition coefficient (Wildman–Crippen LogP) is 3.32. The molecule has 3 aromatic rings. The number of pyridine rings is 2. The molecule has 0 aliphatic carbocycles. The monoisotopic (exact) mass is 367 g/mol. The molecule has 142 valence electrons. The van der Waals surface area contributed by atoms with Crippen molar-refractivity contribution in [1.29, 1.82) is 0 Å². The van der Waals surface area contributed by atoms with Gasteiger partial charge in [0.15, 0.2) is 0 Å². The van der Waals surface area contributed by atoms with Gasteiger partial charge in [0.05, 0.1) is 16.8 Å². The summed E-state index contributed by atoms with van der Waals surface area (Å²) in [6.07, 6.45) is 3.56. The summed E-state index contributed by atoms with van der Waals surface area (Å²) in [6, 6.07) is 9.26. The van der Waals surface area contributed by atoms with Gasteiger partial charge in [-0.1, -0.05) is 19.9 Å². The molecule has 2 aromatic heterocycles. The summed E-state index contributed by atoms with van der Waals surface area (Å²) in [4.78, 5) is 19.4. The Balaban J connectivity index is 0.000000208.